The molecule has 1 amide bonds. The third-order valence-corrected chi connectivity index (χ3v) is 8.15. The Bertz CT molecular complexity index is 1910. The standard InChI is InChI=1S/C33H29N7O2S/c1-22-21-40-30(28-13-14-34-32(37-28)36-26-11-6-12-27(20-26)39-15-17-42-18-16-39)29(38-33(40)43-22)24-9-5-10-25(19-24)35-31(41)23-7-3-2-4-8-23/h2-14,19-21H,15-18H2,1H3,(H,35,41)(H,34,36,37). The van der Waals surface area contributed by atoms with E-state index in [0.29, 0.717) is 17.2 Å². The highest BCUT2D eigenvalue weighted by Gasteiger charge is 2.20. The van der Waals surface area contributed by atoms with Crippen molar-refractivity contribution < 1.29 is 9.53 Å². The summed E-state index contributed by atoms with van der Waals surface area (Å²) in [4.78, 5) is 31.6. The number of morpholine rings is 1. The number of anilines is 4. The van der Waals surface area contributed by atoms with Crippen LogP contribution in [0, 0.1) is 6.92 Å². The van der Waals surface area contributed by atoms with Gasteiger partial charge in [0.2, 0.25) is 5.95 Å². The van der Waals surface area contributed by atoms with Crippen LogP contribution in [0.2, 0.25) is 0 Å². The summed E-state index contributed by atoms with van der Waals surface area (Å²) in [5, 5.41) is 6.40. The van der Waals surface area contributed by atoms with E-state index in [0.717, 1.165) is 70.2 Å². The topological polar surface area (TPSA) is 96.7 Å². The number of carbonyl (C=O) groups is 1. The van der Waals surface area contributed by atoms with Crippen molar-refractivity contribution in [3.63, 3.8) is 0 Å². The number of fused-ring (bicyclic) bond motifs is 1. The Labute approximate surface area is 252 Å². The van der Waals surface area contributed by atoms with Gasteiger partial charge in [0.1, 0.15) is 5.69 Å². The van der Waals surface area contributed by atoms with Crippen molar-refractivity contribution in [2.24, 2.45) is 0 Å². The summed E-state index contributed by atoms with van der Waals surface area (Å²) in [5.74, 6) is 0.331. The molecule has 3 aromatic heterocycles. The molecule has 4 heterocycles. The van der Waals surface area contributed by atoms with Crippen LogP contribution in [0.3, 0.4) is 0 Å². The number of aromatic nitrogens is 4. The van der Waals surface area contributed by atoms with Gasteiger partial charge < -0.3 is 20.3 Å². The quantitative estimate of drug-likeness (QED) is 0.216. The number of carbonyl (C=O) groups excluding carboxylic acids is 1. The lowest BCUT2D eigenvalue weighted by Gasteiger charge is -2.29. The zero-order chi connectivity index (χ0) is 29.2. The van der Waals surface area contributed by atoms with E-state index in [1.165, 1.54) is 0 Å². The Balaban J connectivity index is 1.21. The fourth-order valence-corrected chi connectivity index (χ4v) is 6.05. The van der Waals surface area contributed by atoms with E-state index in [1.54, 1.807) is 29.7 Å². The van der Waals surface area contributed by atoms with Crippen LogP contribution < -0.4 is 15.5 Å². The molecule has 0 saturated carbocycles. The molecule has 1 aliphatic rings. The molecule has 0 spiro atoms. The van der Waals surface area contributed by atoms with Crippen molar-refractivity contribution >= 4 is 45.2 Å². The maximum Gasteiger partial charge on any atom is 0.255 e. The lowest BCUT2D eigenvalue weighted by molar-refractivity contribution is 0.102. The molecule has 9 nitrogen and oxygen atoms in total. The molecule has 0 bridgehead atoms. The highest BCUT2D eigenvalue weighted by molar-refractivity contribution is 7.17. The molecule has 1 saturated heterocycles. The number of thiazole rings is 1. The first-order chi connectivity index (χ1) is 21.1. The number of aryl methyl sites for hydroxylation is 1. The minimum absolute atomic E-state index is 0.163. The molecule has 43 heavy (non-hydrogen) atoms. The van der Waals surface area contributed by atoms with Crippen LogP contribution in [0.4, 0.5) is 23.0 Å². The zero-order valence-corrected chi connectivity index (χ0v) is 24.3. The Morgan fingerprint density at radius 2 is 1.72 bits per heavy atom. The van der Waals surface area contributed by atoms with Gasteiger partial charge in [0.15, 0.2) is 4.96 Å². The average Bonchev–Trinajstić information content (AvgIpc) is 3.58. The molecule has 0 unspecified atom stereocenters. The molecule has 0 radical (unpaired) electrons. The fourth-order valence-electron chi connectivity index (χ4n) is 5.22. The van der Waals surface area contributed by atoms with Crippen LogP contribution in [0.25, 0.3) is 27.6 Å². The summed E-state index contributed by atoms with van der Waals surface area (Å²) in [5.41, 5.74) is 6.59. The highest BCUT2D eigenvalue weighted by Crippen LogP contribution is 2.36. The van der Waals surface area contributed by atoms with E-state index >= 15 is 0 Å². The number of hydrogen-bond donors (Lipinski definition) is 2. The van der Waals surface area contributed by atoms with Gasteiger partial charge >= 0.3 is 0 Å². The van der Waals surface area contributed by atoms with Crippen molar-refractivity contribution in [3.8, 4) is 22.6 Å². The number of hydrogen-bond acceptors (Lipinski definition) is 8. The summed E-state index contributed by atoms with van der Waals surface area (Å²) in [6.07, 6.45) is 3.84. The molecule has 10 heteroatoms. The lowest BCUT2D eigenvalue weighted by atomic mass is 10.1. The fraction of sp³-hybridized carbons (Fsp3) is 0.152. The first-order valence-corrected chi connectivity index (χ1v) is 14.9. The van der Waals surface area contributed by atoms with Crippen molar-refractivity contribution in [3.05, 3.63) is 108 Å². The van der Waals surface area contributed by atoms with E-state index in [9.17, 15) is 4.79 Å². The number of nitrogens with one attached hydrogen (secondary N) is 2. The molecule has 3 aromatic carbocycles. The molecule has 1 fully saturated rings. The number of ether oxygens (including phenoxy) is 1. The summed E-state index contributed by atoms with van der Waals surface area (Å²) < 4.78 is 7.59. The smallest absolute Gasteiger partial charge is 0.255 e. The van der Waals surface area contributed by atoms with Crippen LogP contribution in [0.5, 0.6) is 0 Å². The Morgan fingerprint density at radius 3 is 2.58 bits per heavy atom. The molecular weight excluding hydrogens is 558 g/mol. The monoisotopic (exact) mass is 587 g/mol. The van der Waals surface area contributed by atoms with Gasteiger partial charge in [-0.05, 0) is 55.5 Å². The molecule has 214 valence electrons. The predicted molar refractivity (Wildman–Crippen MR) is 171 cm³/mol. The van der Waals surface area contributed by atoms with E-state index in [4.69, 9.17) is 14.7 Å². The number of benzene rings is 3. The number of amides is 1. The molecule has 0 atom stereocenters. The van der Waals surface area contributed by atoms with Crippen molar-refractivity contribution in [1.29, 1.82) is 0 Å². The predicted octanol–water partition coefficient (Wildman–Crippen LogP) is 6.66. The minimum Gasteiger partial charge on any atom is -0.378 e. The van der Waals surface area contributed by atoms with Crippen LogP contribution in [0.1, 0.15) is 15.2 Å². The van der Waals surface area contributed by atoms with E-state index in [2.05, 4.69) is 50.2 Å². The van der Waals surface area contributed by atoms with Gasteiger partial charge in [-0.25, -0.2) is 15.0 Å². The molecule has 7 rings (SSSR count). The van der Waals surface area contributed by atoms with Crippen molar-refractivity contribution in [1.82, 2.24) is 19.4 Å². The molecule has 2 N–H and O–H groups in total. The maximum atomic E-state index is 12.8. The third-order valence-electron chi connectivity index (χ3n) is 7.25. The second-order valence-corrected chi connectivity index (χ2v) is 11.5. The van der Waals surface area contributed by atoms with Crippen LogP contribution >= 0.6 is 11.3 Å². The SMILES string of the molecule is Cc1cn2c(-c3ccnc(Nc4cccc(N5CCOCC5)c4)n3)c(-c3cccc(NC(=O)c4ccccc4)c3)nc2s1. The Kier molecular flexibility index (Phi) is 7.28. The summed E-state index contributed by atoms with van der Waals surface area (Å²) in [6.45, 7) is 5.26. The van der Waals surface area contributed by atoms with Gasteiger partial charge in [-0.1, -0.05) is 36.4 Å². The first kappa shape index (κ1) is 26.8. The van der Waals surface area contributed by atoms with E-state index < -0.39 is 0 Å². The molecule has 0 aliphatic carbocycles. The zero-order valence-electron chi connectivity index (χ0n) is 23.5. The van der Waals surface area contributed by atoms with Gasteiger partial charge in [0, 0.05) is 58.5 Å². The van der Waals surface area contributed by atoms with Gasteiger partial charge in [-0.3, -0.25) is 9.20 Å². The number of rotatable bonds is 7. The second-order valence-electron chi connectivity index (χ2n) is 10.2. The Hall–Kier alpha value is -5.06. The average molecular weight is 588 g/mol. The van der Waals surface area contributed by atoms with Crippen molar-refractivity contribution in [2.75, 3.05) is 41.8 Å². The van der Waals surface area contributed by atoms with Gasteiger partial charge in [-0.15, -0.1) is 11.3 Å². The van der Waals surface area contributed by atoms with Gasteiger partial charge in [0.25, 0.3) is 5.91 Å². The second kappa shape index (κ2) is 11.7. The van der Waals surface area contributed by atoms with E-state index in [1.807, 2.05) is 60.7 Å². The van der Waals surface area contributed by atoms with Crippen molar-refractivity contribution in [2.45, 2.75) is 6.92 Å². The molecular formula is C33H29N7O2S. The summed E-state index contributed by atoms with van der Waals surface area (Å²) in [7, 11) is 0. The largest absolute Gasteiger partial charge is 0.378 e. The summed E-state index contributed by atoms with van der Waals surface area (Å²) >= 11 is 1.62. The lowest BCUT2D eigenvalue weighted by Crippen LogP contribution is -2.36. The van der Waals surface area contributed by atoms with Crippen LogP contribution in [-0.2, 0) is 4.74 Å². The van der Waals surface area contributed by atoms with Crippen LogP contribution in [0.15, 0.2) is 97.3 Å². The van der Waals surface area contributed by atoms with Gasteiger partial charge in [-0.2, -0.15) is 0 Å². The third kappa shape index (κ3) is 5.70. The van der Waals surface area contributed by atoms with Gasteiger partial charge in [0.05, 0.1) is 24.6 Å². The van der Waals surface area contributed by atoms with E-state index in [-0.39, 0.29) is 5.91 Å². The normalized spacial score (nSPS) is 13.3. The molecule has 1 aliphatic heterocycles. The highest BCUT2D eigenvalue weighted by atomic mass is 32.1. The number of nitrogens with zero attached hydrogens (tertiary/aromatic N) is 5. The number of imidazole rings is 1. The maximum absolute atomic E-state index is 12.8. The van der Waals surface area contributed by atoms with Crippen LogP contribution in [-0.4, -0.2) is 51.6 Å². The summed E-state index contributed by atoms with van der Waals surface area (Å²) in [6, 6.07) is 27.1. The molecule has 6 aromatic rings. The minimum atomic E-state index is -0.163. The Morgan fingerprint density at radius 1 is 0.907 bits per heavy atom. The first-order valence-electron chi connectivity index (χ1n) is 14.1.